The van der Waals surface area contributed by atoms with Gasteiger partial charge in [0.25, 0.3) is 10.1 Å². The second kappa shape index (κ2) is 5.05. The number of hydrogen-bond acceptors (Lipinski definition) is 3. The minimum Gasteiger partial charge on any atom is -0.274 e. The highest BCUT2D eigenvalue weighted by Crippen LogP contribution is 1.75. The summed E-state index contributed by atoms with van der Waals surface area (Å²) >= 11 is 0. The monoisotopic (exact) mass is 142 g/mol. The smallest absolute Gasteiger partial charge is 0.264 e. The van der Waals surface area contributed by atoms with Crippen LogP contribution in [-0.2, 0) is 14.3 Å². The van der Waals surface area contributed by atoms with Crippen LogP contribution in [0.5, 0.6) is 0 Å². The van der Waals surface area contributed by atoms with E-state index in [1.165, 1.54) is 0 Å². The minimum atomic E-state index is -3.16. The van der Waals surface area contributed by atoms with Crippen LogP contribution in [0.4, 0.5) is 0 Å². The standard InChI is InChI=1S/C2H6O3S.2CH4/c1-5-6(2,3)4;;/h1-2H3;2*1H4. The first-order valence-corrected chi connectivity index (χ1v) is 3.13. The average molecular weight is 142 g/mol. The molecule has 0 spiro atoms. The lowest BCUT2D eigenvalue weighted by atomic mass is 11.8. The van der Waals surface area contributed by atoms with Gasteiger partial charge in [-0.05, 0) is 0 Å². The van der Waals surface area contributed by atoms with E-state index >= 15 is 0 Å². The van der Waals surface area contributed by atoms with E-state index in [2.05, 4.69) is 4.18 Å². The Bertz CT molecular complexity index is 113. The Hall–Kier alpha value is -0.0900. The Kier molecular flexibility index (Phi) is 9.90. The molecule has 0 bridgehead atoms. The molecule has 0 aromatic heterocycles. The van der Waals surface area contributed by atoms with Gasteiger partial charge in [0.05, 0.1) is 13.4 Å². The van der Waals surface area contributed by atoms with Crippen LogP contribution in [0.25, 0.3) is 0 Å². The van der Waals surface area contributed by atoms with Crippen molar-refractivity contribution in [1.29, 1.82) is 0 Å². The summed E-state index contributed by atoms with van der Waals surface area (Å²) < 4.78 is 23.5. The predicted molar refractivity (Wildman–Crippen MR) is 35.3 cm³/mol. The molecule has 0 aromatic carbocycles. The van der Waals surface area contributed by atoms with Crippen molar-refractivity contribution in [1.82, 2.24) is 0 Å². The molecule has 0 amide bonds. The van der Waals surface area contributed by atoms with E-state index in [1.807, 2.05) is 0 Å². The molecule has 0 rings (SSSR count). The summed E-state index contributed by atoms with van der Waals surface area (Å²) in [6.45, 7) is 0. The fourth-order valence-corrected chi connectivity index (χ4v) is 0. The van der Waals surface area contributed by atoms with Gasteiger partial charge in [-0.15, -0.1) is 0 Å². The van der Waals surface area contributed by atoms with Gasteiger partial charge in [0.2, 0.25) is 0 Å². The maximum Gasteiger partial charge on any atom is 0.264 e. The van der Waals surface area contributed by atoms with Gasteiger partial charge in [-0.2, -0.15) is 8.42 Å². The van der Waals surface area contributed by atoms with Crippen LogP contribution in [0.3, 0.4) is 0 Å². The molecular formula is C4H14O3S. The Labute approximate surface area is 51.8 Å². The molecule has 0 fully saturated rings. The predicted octanol–water partition coefficient (Wildman–Crippen LogP) is 0.865. The molecule has 8 heavy (non-hydrogen) atoms. The Morgan fingerprint density at radius 3 is 1.38 bits per heavy atom. The first-order chi connectivity index (χ1) is 2.56. The first-order valence-electron chi connectivity index (χ1n) is 1.32. The molecule has 3 nitrogen and oxygen atoms in total. The quantitative estimate of drug-likeness (QED) is 0.510. The van der Waals surface area contributed by atoms with E-state index in [0.29, 0.717) is 0 Å². The first kappa shape index (κ1) is 15.7. The number of hydrogen-bond donors (Lipinski definition) is 0. The van der Waals surface area contributed by atoms with Crippen molar-refractivity contribution in [2.45, 2.75) is 14.9 Å². The van der Waals surface area contributed by atoms with Crippen molar-refractivity contribution in [2.75, 3.05) is 13.4 Å². The second-order valence-corrected chi connectivity index (χ2v) is 2.61. The van der Waals surface area contributed by atoms with E-state index in [4.69, 9.17) is 0 Å². The molecule has 0 aliphatic rings. The normalized spacial score (nSPS) is 8.75. The third kappa shape index (κ3) is 16.8. The molecule has 0 saturated carbocycles. The van der Waals surface area contributed by atoms with Crippen LogP contribution in [0.15, 0.2) is 0 Å². The Morgan fingerprint density at radius 1 is 1.25 bits per heavy atom. The molecule has 0 aromatic rings. The third-order valence-corrected chi connectivity index (χ3v) is 0.908. The molecule has 0 atom stereocenters. The van der Waals surface area contributed by atoms with Gasteiger partial charge < -0.3 is 0 Å². The van der Waals surface area contributed by atoms with Crippen LogP contribution < -0.4 is 0 Å². The van der Waals surface area contributed by atoms with E-state index in [1.54, 1.807) is 0 Å². The summed E-state index contributed by atoms with van der Waals surface area (Å²) in [5.74, 6) is 0. The Balaban J connectivity index is -0.000000125. The fraction of sp³-hybridized carbons (Fsp3) is 1.00. The van der Waals surface area contributed by atoms with Crippen molar-refractivity contribution in [3.8, 4) is 0 Å². The van der Waals surface area contributed by atoms with Gasteiger partial charge in [-0.25, -0.2) is 0 Å². The van der Waals surface area contributed by atoms with Gasteiger partial charge in [-0.1, -0.05) is 14.9 Å². The molecular weight excluding hydrogens is 128 g/mol. The highest BCUT2D eigenvalue weighted by Gasteiger charge is 1.90. The third-order valence-electron chi connectivity index (χ3n) is 0.303. The van der Waals surface area contributed by atoms with Gasteiger partial charge in [0.1, 0.15) is 0 Å². The molecule has 0 unspecified atom stereocenters. The van der Waals surface area contributed by atoms with Crippen LogP contribution in [-0.4, -0.2) is 21.8 Å². The second-order valence-electron chi connectivity index (χ2n) is 0.871. The fourth-order valence-electron chi connectivity index (χ4n) is 0. The highest BCUT2D eigenvalue weighted by molar-refractivity contribution is 7.85. The van der Waals surface area contributed by atoms with E-state index in [0.717, 1.165) is 13.4 Å². The maximum atomic E-state index is 9.78. The van der Waals surface area contributed by atoms with Crippen LogP contribution in [0, 0.1) is 0 Å². The van der Waals surface area contributed by atoms with Crippen molar-refractivity contribution < 1.29 is 12.6 Å². The minimum absolute atomic E-state index is 0. The van der Waals surface area contributed by atoms with Crippen molar-refractivity contribution >= 4 is 10.1 Å². The molecule has 0 heterocycles. The molecule has 0 aliphatic heterocycles. The summed E-state index contributed by atoms with van der Waals surface area (Å²) in [5.41, 5.74) is 0. The maximum absolute atomic E-state index is 9.78. The largest absolute Gasteiger partial charge is 0.274 e. The van der Waals surface area contributed by atoms with Gasteiger partial charge in [0.15, 0.2) is 0 Å². The van der Waals surface area contributed by atoms with E-state index in [9.17, 15) is 8.42 Å². The zero-order valence-corrected chi connectivity index (χ0v) is 4.45. The average Bonchev–Trinajstić information content (AvgIpc) is 1.35. The highest BCUT2D eigenvalue weighted by atomic mass is 32.2. The summed E-state index contributed by atoms with van der Waals surface area (Å²) in [7, 11) is -2.04. The summed E-state index contributed by atoms with van der Waals surface area (Å²) in [4.78, 5) is 0. The lowest BCUT2D eigenvalue weighted by molar-refractivity contribution is 0.403. The zero-order valence-electron chi connectivity index (χ0n) is 3.63. The van der Waals surface area contributed by atoms with Gasteiger partial charge >= 0.3 is 0 Å². The summed E-state index contributed by atoms with van der Waals surface area (Å²) in [6.07, 6.45) is 0.993. The van der Waals surface area contributed by atoms with Gasteiger partial charge in [0, 0.05) is 0 Å². The van der Waals surface area contributed by atoms with Crippen molar-refractivity contribution in [3.05, 3.63) is 0 Å². The van der Waals surface area contributed by atoms with Crippen LogP contribution in [0.2, 0.25) is 0 Å². The van der Waals surface area contributed by atoms with E-state index in [-0.39, 0.29) is 14.9 Å². The molecule has 4 heteroatoms. The molecule has 0 aliphatic carbocycles. The topological polar surface area (TPSA) is 43.4 Å². The zero-order chi connectivity index (χ0) is 5.21. The van der Waals surface area contributed by atoms with Crippen LogP contribution in [0.1, 0.15) is 14.9 Å². The molecule has 0 radical (unpaired) electrons. The lowest BCUT2D eigenvalue weighted by Crippen LogP contribution is -1.95. The molecule has 0 N–H and O–H groups in total. The molecule has 54 valence electrons. The van der Waals surface area contributed by atoms with Crippen molar-refractivity contribution in [3.63, 3.8) is 0 Å². The van der Waals surface area contributed by atoms with Crippen molar-refractivity contribution in [2.24, 2.45) is 0 Å². The number of rotatable bonds is 1. The van der Waals surface area contributed by atoms with Gasteiger partial charge in [-0.3, -0.25) is 4.18 Å². The Morgan fingerprint density at radius 2 is 1.38 bits per heavy atom. The summed E-state index contributed by atoms with van der Waals surface area (Å²) in [6, 6.07) is 0. The van der Waals surface area contributed by atoms with Crippen LogP contribution >= 0.6 is 0 Å². The lowest BCUT2D eigenvalue weighted by Gasteiger charge is -1.84. The molecule has 0 saturated heterocycles. The van der Waals surface area contributed by atoms with E-state index < -0.39 is 10.1 Å². The summed E-state index contributed by atoms with van der Waals surface area (Å²) in [5, 5.41) is 0. The SMILES string of the molecule is C.C.COS(C)(=O)=O.